The van der Waals surface area contributed by atoms with Crippen LogP contribution < -0.4 is 0 Å². The molecule has 11 heavy (non-hydrogen) atoms. The van der Waals surface area contributed by atoms with Gasteiger partial charge in [0, 0.05) is 12.4 Å². The van der Waals surface area contributed by atoms with Crippen LogP contribution in [0.4, 0.5) is 0 Å². The molecule has 62 valence electrons. The number of nitrogens with zero attached hydrogens (tertiary/aromatic N) is 1. The lowest BCUT2D eigenvalue weighted by Crippen LogP contribution is -1.81. The Morgan fingerprint density at radius 2 is 2.18 bits per heavy atom. The summed E-state index contributed by atoms with van der Waals surface area (Å²) in [5.41, 5.74) is 1.33. The van der Waals surface area contributed by atoms with Crippen LogP contribution in [0.3, 0.4) is 0 Å². The third-order valence-electron chi connectivity index (χ3n) is 1.26. The minimum Gasteiger partial charge on any atom is -0.264 e. The van der Waals surface area contributed by atoms with Crippen LogP contribution in [0.15, 0.2) is 24.5 Å². The molecular weight excluding hydrogens is 154 g/mol. The van der Waals surface area contributed by atoms with Gasteiger partial charge < -0.3 is 0 Å². The number of thiol groups is 1. The van der Waals surface area contributed by atoms with Crippen molar-refractivity contribution in [3.05, 3.63) is 30.1 Å². The van der Waals surface area contributed by atoms with Crippen LogP contribution in [-0.2, 0) is 6.42 Å². The molecule has 0 spiro atoms. The van der Waals surface area contributed by atoms with E-state index in [1.54, 1.807) is 12.5 Å². The molecular formula is C9H15NS. The second kappa shape index (κ2) is 7.61. The Bertz CT molecular complexity index is 162. The average Bonchev–Trinajstić information content (AvgIpc) is 2.11. The van der Waals surface area contributed by atoms with Crippen molar-refractivity contribution < 1.29 is 0 Å². The SMILES string of the molecule is CCCc1cccnc1.CS. The molecule has 0 bridgehead atoms. The van der Waals surface area contributed by atoms with E-state index in [1.807, 2.05) is 12.3 Å². The van der Waals surface area contributed by atoms with E-state index in [9.17, 15) is 0 Å². The first-order valence-electron chi connectivity index (χ1n) is 3.77. The third-order valence-corrected chi connectivity index (χ3v) is 1.26. The Kier molecular flexibility index (Phi) is 7.26. The van der Waals surface area contributed by atoms with Crippen LogP contribution in [0.25, 0.3) is 0 Å². The Morgan fingerprint density at radius 1 is 1.45 bits per heavy atom. The van der Waals surface area contributed by atoms with Crippen molar-refractivity contribution in [3.63, 3.8) is 0 Å². The van der Waals surface area contributed by atoms with E-state index in [4.69, 9.17) is 0 Å². The molecule has 0 unspecified atom stereocenters. The first-order valence-corrected chi connectivity index (χ1v) is 4.66. The maximum absolute atomic E-state index is 4.00. The maximum atomic E-state index is 4.00. The summed E-state index contributed by atoms with van der Waals surface area (Å²) >= 11 is 3.53. The quantitative estimate of drug-likeness (QED) is 0.671. The van der Waals surface area contributed by atoms with Gasteiger partial charge in [0.05, 0.1) is 0 Å². The summed E-state index contributed by atoms with van der Waals surface area (Å²) in [6.07, 6.45) is 7.77. The lowest BCUT2D eigenvalue weighted by molar-refractivity contribution is 0.914. The summed E-state index contributed by atoms with van der Waals surface area (Å²) in [6, 6.07) is 4.08. The molecule has 0 aliphatic heterocycles. The van der Waals surface area contributed by atoms with Crippen LogP contribution >= 0.6 is 12.6 Å². The van der Waals surface area contributed by atoms with Crippen molar-refractivity contribution in [2.75, 3.05) is 6.26 Å². The highest BCUT2D eigenvalue weighted by Gasteiger charge is 1.85. The fraction of sp³-hybridized carbons (Fsp3) is 0.444. The topological polar surface area (TPSA) is 12.9 Å². The molecule has 0 saturated carbocycles. The standard InChI is InChI=1S/C8H11N.CH4S/c1-2-4-8-5-3-6-9-7-8;1-2/h3,5-7H,2,4H2,1H3;2H,1H3. The van der Waals surface area contributed by atoms with Gasteiger partial charge in [-0.1, -0.05) is 19.4 Å². The Balaban J connectivity index is 0.000000461. The first kappa shape index (κ1) is 10.5. The molecule has 1 aromatic heterocycles. The first-order chi connectivity index (χ1) is 5.43. The van der Waals surface area contributed by atoms with E-state index in [0.29, 0.717) is 0 Å². The summed E-state index contributed by atoms with van der Waals surface area (Å²) in [5.74, 6) is 0. The van der Waals surface area contributed by atoms with Crippen LogP contribution in [-0.4, -0.2) is 11.2 Å². The van der Waals surface area contributed by atoms with Gasteiger partial charge >= 0.3 is 0 Å². The van der Waals surface area contributed by atoms with Gasteiger partial charge in [0.2, 0.25) is 0 Å². The zero-order valence-electron chi connectivity index (χ0n) is 7.12. The zero-order chi connectivity index (χ0) is 8.53. The fourth-order valence-corrected chi connectivity index (χ4v) is 0.835. The minimum absolute atomic E-state index is 1.15. The van der Waals surface area contributed by atoms with Crippen LogP contribution in [0.5, 0.6) is 0 Å². The number of rotatable bonds is 2. The predicted octanol–water partition coefficient (Wildman–Crippen LogP) is 2.58. The maximum Gasteiger partial charge on any atom is 0.0299 e. The van der Waals surface area contributed by atoms with Crippen LogP contribution in [0.2, 0.25) is 0 Å². The van der Waals surface area contributed by atoms with Crippen molar-refractivity contribution in [1.29, 1.82) is 0 Å². The molecule has 0 aliphatic rings. The second-order valence-electron chi connectivity index (χ2n) is 2.11. The monoisotopic (exact) mass is 169 g/mol. The molecule has 0 amide bonds. The molecule has 0 aromatic carbocycles. The molecule has 0 aliphatic carbocycles. The van der Waals surface area contributed by atoms with E-state index in [1.165, 1.54) is 12.0 Å². The van der Waals surface area contributed by atoms with Gasteiger partial charge in [-0.2, -0.15) is 12.6 Å². The molecule has 1 nitrogen and oxygen atoms in total. The summed E-state index contributed by atoms with van der Waals surface area (Å²) in [7, 11) is 0. The van der Waals surface area contributed by atoms with Crippen molar-refractivity contribution >= 4 is 12.6 Å². The molecule has 0 radical (unpaired) electrons. The van der Waals surface area contributed by atoms with E-state index < -0.39 is 0 Å². The molecule has 0 atom stereocenters. The summed E-state index contributed by atoms with van der Waals surface area (Å²) in [6.45, 7) is 2.17. The van der Waals surface area contributed by atoms with E-state index in [2.05, 4.69) is 30.6 Å². The summed E-state index contributed by atoms with van der Waals surface area (Å²) < 4.78 is 0. The lowest BCUT2D eigenvalue weighted by Gasteiger charge is -1.92. The molecule has 0 fully saturated rings. The molecule has 1 aromatic rings. The molecule has 1 rings (SSSR count). The van der Waals surface area contributed by atoms with Crippen LogP contribution in [0.1, 0.15) is 18.9 Å². The number of hydrogen-bond acceptors (Lipinski definition) is 2. The van der Waals surface area contributed by atoms with Crippen LogP contribution in [0, 0.1) is 0 Å². The zero-order valence-corrected chi connectivity index (χ0v) is 8.01. The largest absolute Gasteiger partial charge is 0.264 e. The second-order valence-corrected chi connectivity index (χ2v) is 2.11. The summed E-state index contributed by atoms with van der Waals surface area (Å²) in [4.78, 5) is 4.00. The molecule has 1 heterocycles. The normalized spacial score (nSPS) is 8.27. The number of aromatic nitrogens is 1. The van der Waals surface area contributed by atoms with Gasteiger partial charge in [-0.05, 0) is 24.3 Å². The van der Waals surface area contributed by atoms with Gasteiger partial charge in [-0.3, -0.25) is 4.98 Å². The summed E-state index contributed by atoms with van der Waals surface area (Å²) in [5, 5.41) is 0. The van der Waals surface area contributed by atoms with Crippen molar-refractivity contribution in [3.8, 4) is 0 Å². The number of pyridine rings is 1. The Morgan fingerprint density at radius 3 is 2.64 bits per heavy atom. The Labute approximate surface area is 74.3 Å². The molecule has 0 N–H and O–H groups in total. The van der Waals surface area contributed by atoms with Crippen molar-refractivity contribution in [1.82, 2.24) is 4.98 Å². The highest BCUT2D eigenvalue weighted by Crippen LogP contribution is 1.98. The van der Waals surface area contributed by atoms with Gasteiger partial charge in [0.15, 0.2) is 0 Å². The molecule has 2 heteroatoms. The number of hydrogen-bond donors (Lipinski definition) is 1. The predicted molar refractivity (Wildman–Crippen MR) is 53.1 cm³/mol. The minimum atomic E-state index is 1.15. The van der Waals surface area contributed by atoms with Crippen molar-refractivity contribution in [2.45, 2.75) is 19.8 Å². The van der Waals surface area contributed by atoms with Gasteiger partial charge in [-0.25, -0.2) is 0 Å². The highest BCUT2D eigenvalue weighted by molar-refractivity contribution is 7.79. The van der Waals surface area contributed by atoms with Gasteiger partial charge in [0.1, 0.15) is 0 Å². The van der Waals surface area contributed by atoms with Gasteiger partial charge in [-0.15, -0.1) is 0 Å². The van der Waals surface area contributed by atoms with E-state index >= 15 is 0 Å². The lowest BCUT2D eigenvalue weighted by atomic mass is 10.2. The third kappa shape index (κ3) is 4.85. The van der Waals surface area contributed by atoms with E-state index in [-0.39, 0.29) is 0 Å². The highest BCUT2D eigenvalue weighted by atomic mass is 32.1. The smallest absolute Gasteiger partial charge is 0.0299 e. The van der Waals surface area contributed by atoms with E-state index in [0.717, 1.165) is 6.42 Å². The Hall–Kier alpha value is -0.500. The number of aryl methyl sites for hydroxylation is 1. The average molecular weight is 169 g/mol. The van der Waals surface area contributed by atoms with Crippen molar-refractivity contribution in [2.24, 2.45) is 0 Å². The molecule has 0 saturated heterocycles. The fourth-order valence-electron chi connectivity index (χ4n) is 0.835. The van der Waals surface area contributed by atoms with Gasteiger partial charge in [0.25, 0.3) is 0 Å².